The molecule has 0 saturated carbocycles. The van der Waals surface area contributed by atoms with Crippen molar-refractivity contribution in [2.24, 2.45) is 0 Å². The first-order valence-electron chi connectivity index (χ1n) is 7.62. The van der Waals surface area contributed by atoms with E-state index in [1.165, 1.54) is 11.1 Å². The predicted octanol–water partition coefficient (Wildman–Crippen LogP) is 3.39. The SMILES string of the molecule is Cc1cc(C)cc(Nc2nc(NCCO)c3ccccc3n2)c1. The lowest BCUT2D eigenvalue weighted by Crippen LogP contribution is -2.09. The number of aryl methyl sites for hydroxylation is 2. The average molecular weight is 308 g/mol. The van der Waals surface area contributed by atoms with Crippen molar-refractivity contribution in [1.29, 1.82) is 0 Å². The molecule has 0 unspecified atom stereocenters. The summed E-state index contributed by atoms with van der Waals surface area (Å²) in [6.45, 7) is 4.63. The number of fused-ring (bicyclic) bond motifs is 1. The van der Waals surface area contributed by atoms with E-state index in [9.17, 15) is 0 Å². The molecule has 0 radical (unpaired) electrons. The van der Waals surface area contributed by atoms with Crippen molar-refractivity contribution in [1.82, 2.24) is 9.97 Å². The number of para-hydroxylation sites is 1. The summed E-state index contributed by atoms with van der Waals surface area (Å²) in [7, 11) is 0. The maximum Gasteiger partial charge on any atom is 0.229 e. The molecule has 0 fully saturated rings. The lowest BCUT2D eigenvalue weighted by molar-refractivity contribution is 0.311. The first-order chi connectivity index (χ1) is 11.2. The number of nitrogens with zero attached hydrogens (tertiary/aromatic N) is 2. The highest BCUT2D eigenvalue weighted by Crippen LogP contribution is 2.24. The van der Waals surface area contributed by atoms with Crippen molar-refractivity contribution in [3.05, 3.63) is 53.6 Å². The third kappa shape index (κ3) is 3.57. The highest BCUT2D eigenvalue weighted by atomic mass is 16.3. The lowest BCUT2D eigenvalue weighted by atomic mass is 10.1. The van der Waals surface area contributed by atoms with Crippen LogP contribution >= 0.6 is 0 Å². The fourth-order valence-electron chi connectivity index (χ4n) is 2.62. The Hall–Kier alpha value is -2.66. The second-order valence-corrected chi connectivity index (χ2v) is 5.56. The zero-order valence-electron chi connectivity index (χ0n) is 13.3. The van der Waals surface area contributed by atoms with Crippen LogP contribution in [0.25, 0.3) is 10.9 Å². The Morgan fingerprint density at radius 1 is 1.00 bits per heavy atom. The molecule has 3 rings (SSSR count). The van der Waals surface area contributed by atoms with E-state index >= 15 is 0 Å². The molecule has 0 spiro atoms. The van der Waals surface area contributed by atoms with Gasteiger partial charge in [-0.1, -0.05) is 18.2 Å². The summed E-state index contributed by atoms with van der Waals surface area (Å²) in [4.78, 5) is 9.12. The summed E-state index contributed by atoms with van der Waals surface area (Å²) in [5.41, 5.74) is 4.19. The van der Waals surface area contributed by atoms with Gasteiger partial charge in [-0.25, -0.2) is 4.98 Å². The number of hydrogen-bond donors (Lipinski definition) is 3. The molecule has 23 heavy (non-hydrogen) atoms. The third-order valence-corrected chi connectivity index (χ3v) is 3.49. The second kappa shape index (κ2) is 6.62. The molecule has 1 heterocycles. The van der Waals surface area contributed by atoms with E-state index in [4.69, 9.17) is 5.11 Å². The summed E-state index contributed by atoms with van der Waals surface area (Å²) in [6.07, 6.45) is 0. The first kappa shape index (κ1) is 15.2. The van der Waals surface area contributed by atoms with Gasteiger partial charge in [-0.15, -0.1) is 0 Å². The smallest absolute Gasteiger partial charge is 0.229 e. The van der Waals surface area contributed by atoms with Gasteiger partial charge in [0.25, 0.3) is 0 Å². The molecule has 0 atom stereocenters. The number of aliphatic hydroxyl groups excluding tert-OH is 1. The van der Waals surface area contributed by atoms with Gasteiger partial charge in [0.15, 0.2) is 0 Å². The number of aliphatic hydroxyl groups is 1. The van der Waals surface area contributed by atoms with Crippen LogP contribution in [0.1, 0.15) is 11.1 Å². The summed E-state index contributed by atoms with van der Waals surface area (Å²) < 4.78 is 0. The second-order valence-electron chi connectivity index (χ2n) is 5.56. The molecule has 0 aliphatic heterocycles. The monoisotopic (exact) mass is 308 g/mol. The van der Waals surface area contributed by atoms with Crippen LogP contribution in [0.4, 0.5) is 17.5 Å². The maximum absolute atomic E-state index is 9.04. The minimum absolute atomic E-state index is 0.0537. The van der Waals surface area contributed by atoms with Crippen LogP contribution in [0.2, 0.25) is 0 Å². The van der Waals surface area contributed by atoms with Gasteiger partial charge in [0.2, 0.25) is 5.95 Å². The molecular weight excluding hydrogens is 288 g/mol. The summed E-state index contributed by atoms with van der Waals surface area (Å²) in [6, 6.07) is 14.1. The van der Waals surface area contributed by atoms with Gasteiger partial charge in [-0.05, 0) is 49.2 Å². The number of aromatic nitrogens is 2. The van der Waals surface area contributed by atoms with Crippen molar-refractivity contribution < 1.29 is 5.11 Å². The van der Waals surface area contributed by atoms with Crippen LogP contribution in [-0.2, 0) is 0 Å². The molecule has 0 bridgehead atoms. The maximum atomic E-state index is 9.04. The molecular formula is C18H20N4O. The third-order valence-electron chi connectivity index (χ3n) is 3.49. The minimum atomic E-state index is 0.0537. The molecule has 3 N–H and O–H groups in total. The van der Waals surface area contributed by atoms with E-state index in [2.05, 4.69) is 52.6 Å². The van der Waals surface area contributed by atoms with Gasteiger partial charge < -0.3 is 15.7 Å². The molecule has 2 aromatic carbocycles. The number of anilines is 3. The zero-order valence-corrected chi connectivity index (χ0v) is 13.3. The van der Waals surface area contributed by atoms with E-state index in [0.717, 1.165) is 22.4 Å². The highest BCUT2D eigenvalue weighted by Gasteiger charge is 2.07. The van der Waals surface area contributed by atoms with Crippen LogP contribution in [0.5, 0.6) is 0 Å². The Morgan fingerprint density at radius 3 is 2.48 bits per heavy atom. The fourth-order valence-corrected chi connectivity index (χ4v) is 2.62. The average Bonchev–Trinajstić information content (AvgIpc) is 2.51. The van der Waals surface area contributed by atoms with Crippen molar-refractivity contribution in [3.63, 3.8) is 0 Å². The van der Waals surface area contributed by atoms with E-state index < -0.39 is 0 Å². The quantitative estimate of drug-likeness (QED) is 0.674. The summed E-state index contributed by atoms with van der Waals surface area (Å²) in [5, 5.41) is 16.4. The number of rotatable bonds is 5. The molecule has 5 heteroatoms. The van der Waals surface area contributed by atoms with Crippen LogP contribution < -0.4 is 10.6 Å². The zero-order chi connectivity index (χ0) is 16.2. The van der Waals surface area contributed by atoms with Crippen molar-refractivity contribution in [2.45, 2.75) is 13.8 Å². The van der Waals surface area contributed by atoms with Crippen LogP contribution in [0, 0.1) is 13.8 Å². The van der Waals surface area contributed by atoms with E-state index in [1.807, 2.05) is 24.3 Å². The Kier molecular flexibility index (Phi) is 4.39. The topological polar surface area (TPSA) is 70.1 Å². The Balaban J connectivity index is 2.00. The first-order valence-corrected chi connectivity index (χ1v) is 7.62. The van der Waals surface area contributed by atoms with Gasteiger partial charge in [-0.3, -0.25) is 0 Å². The molecule has 5 nitrogen and oxygen atoms in total. The van der Waals surface area contributed by atoms with Gasteiger partial charge >= 0.3 is 0 Å². The Morgan fingerprint density at radius 2 is 1.74 bits per heavy atom. The lowest BCUT2D eigenvalue weighted by Gasteiger charge is -2.12. The molecule has 1 aromatic heterocycles. The van der Waals surface area contributed by atoms with Crippen molar-refractivity contribution in [3.8, 4) is 0 Å². The molecule has 0 amide bonds. The number of hydrogen-bond acceptors (Lipinski definition) is 5. The van der Waals surface area contributed by atoms with E-state index in [-0.39, 0.29) is 6.61 Å². The number of nitrogens with one attached hydrogen (secondary N) is 2. The van der Waals surface area contributed by atoms with Gasteiger partial charge in [0.1, 0.15) is 5.82 Å². The highest BCUT2D eigenvalue weighted by molar-refractivity contribution is 5.90. The Bertz CT molecular complexity index is 812. The molecule has 3 aromatic rings. The standard InChI is InChI=1S/C18H20N4O/c1-12-9-13(2)11-14(10-12)20-18-21-16-6-4-3-5-15(16)17(22-18)19-7-8-23/h3-6,9-11,23H,7-8H2,1-2H3,(H2,19,20,21,22). The van der Waals surface area contributed by atoms with Gasteiger partial charge in [0.05, 0.1) is 12.1 Å². The molecule has 0 aliphatic rings. The van der Waals surface area contributed by atoms with Crippen LogP contribution in [0.3, 0.4) is 0 Å². The van der Waals surface area contributed by atoms with Crippen LogP contribution in [0.15, 0.2) is 42.5 Å². The summed E-state index contributed by atoms with van der Waals surface area (Å²) >= 11 is 0. The normalized spacial score (nSPS) is 10.7. The molecule has 0 saturated heterocycles. The Labute approximate surface area is 135 Å². The predicted molar refractivity (Wildman–Crippen MR) is 94.3 cm³/mol. The van der Waals surface area contributed by atoms with Crippen molar-refractivity contribution >= 4 is 28.4 Å². The fraction of sp³-hybridized carbons (Fsp3) is 0.222. The summed E-state index contributed by atoms with van der Waals surface area (Å²) in [5.74, 6) is 1.26. The van der Waals surface area contributed by atoms with E-state index in [0.29, 0.717) is 12.5 Å². The van der Waals surface area contributed by atoms with Crippen LogP contribution in [-0.4, -0.2) is 28.2 Å². The number of benzene rings is 2. The molecule has 118 valence electrons. The van der Waals surface area contributed by atoms with Gasteiger partial charge in [-0.2, -0.15) is 4.98 Å². The minimum Gasteiger partial charge on any atom is -0.395 e. The van der Waals surface area contributed by atoms with E-state index in [1.54, 1.807) is 0 Å². The van der Waals surface area contributed by atoms with Gasteiger partial charge in [0, 0.05) is 17.6 Å². The van der Waals surface area contributed by atoms with Crippen molar-refractivity contribution in [2.75, 3.05) is 23.8 Å². The largest absolute Gasteiger partial charge is 0.395 e. The molecule has 0 aliphatic carbocycles.